The van der Waals surface area contributed by atoms with Crippen LogP contribution in [0.2, 0.25) is 5.02 Å². The van der Waals surface area contributed by atoms with Crippen LogP contribution in [0.5, 0.6) is 11.5 Å². The van der Waals surface area contributed by atoms with Crippen LogP contribution < -0.4 is 19.1 Å². The average Bonchev–Trinajstić information content (AvgIpc) is 3.05. The number of halogens is 1. The highest BCUT2D eigenvalue weighted by atomic mass is 35.5. The van der Waals surface area contributed by atoms with Crippen LogP contribution in [0.4, 0.5) is 5.69 Å². The molecular weight excluding hydrogens is 650 g/mol. The van der Waals surface area contributed by atoms with E-state index >= 15 is 0 Å². The molecule has 0 radical (unpaired) electrons. The van der Waals surface area contributed by atoms with Crippen LogP contribution in [-0.2, 0) is 32.6 Å². The summed E-state index contributed by atoms with van der Waals surface area (Å²) in [4.78, 5) is 30.0. The lowest BCUT2D eigenvalue weighted by atomic mass is 10.0. The molecule has 1 atom stereocenters. The lowest BCUT2D eigenvalue weighted by Crippen LogP contribution is -2.56. The first-order chi connectivity index (χ1) is 22.7. The van der Waals surface area contributed by atoms with Crippen molar-refractivity contribution in [1.29, 1.82) is 0 Å². The molecular formula is C37H42ClN3O6S. The van der Waals surface area contributed by atoms with Gasteiger partial charge in [-0.05, 0) is 69.2 Å². The van der Waals surface area contributed by atoms with E-state index in [2.05, 4.69) is 5.32 Å². The van der Waals surface area contributed by atoms with Gasteiger partial charge in [-0.3, -0.25) is 13.9 Å². The van der Waals surface area contributed by atoms with Crippen molar-refractivity contribution in [3.05, 3.63) is 119 Å². The molecule has 0 saturated carbocycles. The number of ether oxygens (including phenoxy) is 2. The first kappa shape index (κ1) is 36.3. The standard InChI is InChI=1S/C37H42ClN3O6S/c1-26-16-18-29(19-17-26)41(48(44,45)30-20-21-33(46-5)34(23-30)47-6)25-35(42)40(24-28-14-10-11-15-31(28)38)32(36(43)39-37(2,3)4)22-27-12-8-7-9-13-27/h7-21,23,32H,22,24-25H2,1-6H3,(H,39,43). The lowest BCUT2D eigenvalue weighted by Gasteiger charge is -2.35. The maximum atomic E-state index is 14.7. The summed E-state index contributed by atoms with van der Waals surface area (Å²) in [5.41, 5.74) is 2.03. The zero-order valence-electron chi connectivity index (χ0n) is 28.1. The van der Waals surface area contributed by atoms with E-state index in [-0.39, 0.29) is 35.2 Å². The van der Waals surface area contributed by atoms with Gasteiger partial charge in [0.2, 0.25) is 11.8 Å². The molecule has 4 aromatic carbocycles. The lowest BCUT2D eigenvalue weighted by molar-refractivity contribution is -0.140. The number of hydrogen-bond acceptors (Lipinski definition) is 6. The van der Waals surface area contributed by atoms with E-state index in [0.29, 0.717) is 16.3 Å². The third-order valence-corrected chi connectivity index (χ3v) is 9.75. The number of aryl methyl sites for hydroxylation is 1. The molecule has 0 aliphatic carbocycles. The Labute approximate surface area is 288 Å². The summed E-state index contributed by atoms with van der Waals surface area (Å²) >= 11 is 6.58. The monoisotopic (exact) mass is 691 g/mol. The molecule has 1 unspecified atom stereocenters. The summed E-state index contributed by atoms with van der Waals surface area (Å²) in [7, 11) is -1.47. The second-order valence-electron chi connectivity index (χ2n) is 12.4. The number of benzene rings is 4. The van der Waals surface area contributed by atoms with E-state index < -0.39 is 34.1 Å². The Hall–Kier alpha value is -4.54. The first-order valence-corrected chi connectivity index (χ1v) is 17.3. The van der Waals surface area contributed by atoms with Crippen molar-refractivity contribution in [2.24, 2.45) is 0 Å². The SMILES string of the molecule is COc1ccc(S(=O)(=O)N(CC(=O)N(Cc2ccccc2Cl)C(Cc2ccccc2)C(=O)NC(C)(C)C)c2ccc(C)cc2)cc1OC. The van der Waals surface area contributed by atoms with Crippen LogP contribution in [0.1, 0.15) is 37.5 Å². The van der Waals surface area contributed by atoms with E-state index in [1.165, 1.54) is 37.3 Å². The Bertz CT molecular complexity index is 1830. The van der Waals surface area contributed by atoms with Crippen molar-refractivity contribution in [3.8, 4) is 11.5 Å². The summed E-state index contributed by atoms with van der Waals surface area (Å²) in [5, 5.41) is 3.44. The van der Waals surface area contributed by atoms with Crippen molar-refractivity contribution in [1.82, 2.24) is 10.2 Å². The van der Waals surface area contributed by atoms with Crippen LogP contribution in [-0.4, -0.2) is 57.5 Å². The number of hydrogen-bond donors (Lipinski definition) is 1. The molecule has 1 N–H and O–H groups in total. The highest BCUT2D eigenvalue weighted by Crippen LogP contribution is 2.33. The topological polar surface area (TPSA) is 105 Å². The van der Waals surface area contributed by atoms with Crippen LogP contribution in [0.3, 0.4) is 0 Å². The Morgan fingerprint density at radius 2 is 1.48 bits per heavy atom. The first-order valence-electron chi connectivity index (χ1n) is 15.4. The molecule has 4 aromatic rings. The number of nitrogens with zero attached hydrogens (tertiary/aromatic N) is 2. The summed E-state index contributed by atoms with van der Waals surface area (Å²) < 4.78 is 40.5. The minimum absolute atomic E-state index is 0.0360. The van der Waals surface area contributed by atoms with Gasteiger partial charge in [-0.15, -0.1) is 0 Å². The fourth-order valence-corrected chi connectivity index (χ4v) is 6.79. The number of rotatable bonds is 13. The zero-order valence-corrected chi connectivity index (χ0v) is 29.6. The van der Waals surface area contributed by atoms with Crippen molar-refractivity contribution in [3.63, 3.8) is 0 Å². The van der Waals surface area contributed by atoms with Gasteiger partial charge in [-0.25, -0.2) is 8.42 Å². The Morgan fingerprint density at radius 3 is 2.08 bits per heavy atom. The largest absolute Gasteiger partial charge is 0.493 e. The maximum absolute atomic E-state index is 14.7. The van der Waals surface area contributed by atoms with E-state index in [0.717, 1.165) is 15.4 Å². The highest BCUT2D eigenvalue weighted by molar-refractivity contribution is 7.92. The summed E-state index contributed by atoms with van der Waals surface area (Å²) in [6.07, 6.45) is 0.186. The molecule has 0 aromatic heterocycles. The van der Waals surface area contributed by atoms with Crippen molar-refractivity contribution >= 4 is 39.1 Å². The van der Waals surface area contributed by atoms with E-state index in [9.17, 15) is 18.0 Å². The van der Waals surface area contributed by atoms with Crippen LogP contribution in [0, 0.1) is 6.92 Å². The van der Waals surface area contributed by atoms with Crippen LogP contribution in [0.15, 0.2) is 102 Å². The van der Waals surface area contributed by atoms with Gasteiger partial charge in [-0.2, -0.15) is 0 Å². The number of anilines is 1. The van der Waals surface area contributed by atoms with Gasteiger partial charge >= 0.3 is 0 Å². The van der Waals surface area contributed by atoms with Gasteiger partial charge in [0.05, 0.1) is 24.8 Å². The van der Waals surface area contributed by atoms with Gasteiger partial charge in [0, 0.05) is 29.6 Å². The molecule has 0 aliphatic heterocycles. The molecule has 0 aliphatic rings. The van der Waals surface area contributed by atoms with Crippen molar-refractivity contribution in [2.45, 2.75) is 57.1 Å². The number of carbonyl (C=O) groups is 2. The average molecular weight is 692 g/mol. The molecule has 4 rings (SSSR count). The molecule has 0 fully saturated rings. The Morgan fingerprint density at radius 1 is 0.854 bits per heavy atom. The smallest absolute Gasteiger partial charge is 0.264 e. The van der Waals surface area contributed by atoms with Gasteiger partial charge in [0.1, 0.15) is 12.6 Å². The fraction of sp³-hybridized carbons (Fsp3) is 0.297. The zero-order chi connectivity index (χ0) is 35.1. The predicted octanol–water partition coefficient (Wildman–Crippen LogP) is 6.42. The summed E-state index contributed by atoms with van der Waals surface area (Å²) in [6, 6.07) is 26.5. The number of methoxy groups -OCH3 is 2. The van der Waals surface area contributed by atoms with Crippen LogP contribution in [0.25, 0.3) is 0 Å². The van der Waals surface area contributed by atoms with Crippen molar-refractivity contribution in [2.75, 3.05) is 25.1 Å². The summed E-state index contributed by atoms with van der Waals surface area (Å²) in [5.74, 6) is -0.397. The minimum atomic E-state index is -4.34. The maximum Gasteiger partial charge on any atom is 0.264 e. The van der Waals surface area contributed by atoms with E-state index in [4.69, 9.17) is 21.1 Å². The molecule has 0 heterocycles. The fourth-order valence-electron chi connectivity index (χ4n) is 5.16. The Balaban J connectivity index is 1.85. The van der Waals surface area contributed by atoms with E-state index in [1.54, 1.807) is 48.5 Å². The second kappa shape index (κ2) is 15.6. The normalized spacial score (nSPS) is 12.1. The Kier molecular flexibility index (Phi) is 11.8. The quantitative estimate of drug-likeness (QED) is 0.174. The number of amides is 2. The van der Waals surface area contributed by atoms with Crippen LogP contribution >= 0.6 is 11.6 Å². The third-order valence-electron chi connectivity index (χ3n) is 7.61. The molecule has 0 bridgehead atoms. The predicted molar refractivity (Wildman–Crippen MR) is 189 cm³/mol. The molecule has 11 heteroatoms. The number of sulfonamides is 1. The molecule has 9 nitrogen and oxygen atoms in total. The van der Waals surface area contributed by atoms with E-state index in [1.807, 2.05) is 58.0 Å². The molecule has 48 heavy (non-hydrogen) atoms. The molecule has 0 spiro atoms. The van der Waals surface area contributed by atoms with Gasteiger partial charge < -0.3 is 19.7 Å². The molecule has 0 saturated heterocycles. The molecule has 254 valence electrons. The second-order valence-corrected chi connectivity index (χ2v) is 14.7. The number of nitrogens with one attached hydrogen (secondary N) is 1. The number of carbonyl (C=O) groups excluding carboxylic acids is 2. The highest BCUT2D eigenvalue weighted by Gasteiger charge is 2.36. The van der Waals surface area contributed by atoms with Gasteiger partial charge in [0.15, 0.2) is 11.5 Å². The van der Waals surface area contributed by atoms with Crippen molar-refractivity contribution < 1.29 is 27.5 Å². The molecule has 2 amide bonds. The minimum Gasteiger partial charge on any atom is -0.493 e. The van der Waals surface area contributed by atoms with Gasteiger partial charge in [0.25, 0.3) is 10.0 Å². The van der Waals surface area contributed by atoms with Gasteiger partial charge in [-0.1, -0.05) is 77.8 Å². The summed E-state index contributed by atoms with van der Waals surface area (Å²) in [6.45, 7) is 6.83. The third kappa shape index (κ3) is 9.08.